The summed E-state index contributed by atoms with van der Waals surface area (Å²) >= 11 is 1.64. The number of rotatable bonds is 3. The molecule has 0 bridgehead atoms. The van der Waals surface area contributed by atoms with Crippen LogP contribution in [0.5, 0.6) is 0 Å². The molecule has 0 N–H and O–H groups in total. The van der Waals surface area contributed by atoms with E-state index >= 15 is 0 Å². The summed E-state index contributed by atoms with van der Waals surface area (Å²) in [5.41, 5.74) is 3.13. The predicted molar refractivity (Wildman–Crippen MR) is 111 cm³/mol. The molecule has 1 amide bonds. The van der Waals surface area contributed by atoms with Crippen LogP contribution in [-0.4, -0.2) is 39.8 Å². The zero-order valence-electron chi connectivity index (χ0n) is 16.2. The highest BCUT2D eigenvalue weighted by Gasteiger charge is 2.57. The van der Waals surface area contributed by atoms with Crippen molar-refractivity contribution in [3.63, 3.8) is 0 Å². The molecule has 2 aliphatic heterocycles. The summed E-state index contributed by atoms with van der Waals surface area (Å²) in [7, 11) is 0. The van der Waals surface area contributed by atoms with E-state index in [0.29, 0.717) is 25.1 Å². The molecule has 1 unspecified atom stereocenters. The lowest BCUT2D eigenvalue weighted by atomic mass is 9.92. The maximum Gasteiger partial charge on any atom is 0.341 e. The first-order valence-electron chi connectivity index (χ1n) is 10.1. The van der Waals surface area contributed by atoms with Gasteiger partial charge in [-0.3, -0.25) is 14.8 Å². The Morgan fingerprint density at radius 3 is 2.77 bits per heavy atom. The monoisotopic (exact) mass is 417 g/mol. The maximum atomic E-state index is 13.5. The lowest BCUT2D eigenvalue weighted by Crippen LogP contribution is -2.40. The molecule has 5 heterocycles. The van der Waals surface area contributed by atoms with E-state index in [1.807, 2.05) is 40.7 Å². The molecule has 7 heteroatoms. The molecule has 3 aromatic rings. The molecule has 0 aromatic carbocycles. The van der Waals surface area contributed by atoms with Gasteiger partial charge in [0.25, 0.3) is 0 Å². The van der Waals surface area contributed by atoms with Gasteiger partial charge in [0.2, 0.25) is 5.91 Å². The molecule has 1 aliphatic carbocycles. The van der Waals surface area contributed by atoms with Crippen LogP contribution in [0, 0.1) is 0 Å². The Balaban J connectivity index is 1.25. The SMILES string of the molecule is O=C1OC2(CCN(C(=O)C3(c4ccc(-c5ccsc5)nc4)CC3)C2)c2ccncc21. The van der Waals surface area contributed by atoms with Gasteiger partial charge in [0.05, 0.1) is 23.2 Å². The van der Waals surface area contributed by atoms with Crippen LogP contribution in [0.15, 0.2) is 53.6 Å². The van der Waals surface area contributed by atoms with Crippen molar-refractivity contribution in [1.29, 1.82) is 0 Å². The van der Waals surface area contributed by atoms with E-state index in [1.54, 1.807) is 23.7 Å². The first-order chi connectivity index (χ1) is 14.6. The second-order valence-electron chi connectivity index (χ2n) is 8.31. The fourth-order valence-corrected chi connectivity index (χ4v) is 5.46. The third kappa shape index (κ3) is 2.48. The molecule has 1 saturated carbocycles. The van der Waals surface area contributed by atoms with Crippen molar-refractivity contribution < 1.29 is 14.3 Å². The highest BCUT2D eigenvalue weighted by Crippen LogP contribution is 2.52. The van der Waals surface area contributed by atoms with Crippen LogP contribution in [0.4, 0.5) is 0 Å². The van der Waals surface area contributed by atoms with E-state index < -0.39 is 11.0 Å². The first-order valence-corrected chi connectivity index (χ1v) is 11.0. The average molecular weight is 417 g/mol. The zero-order valence-corrected chi connectivity index (χ0v) is 17.0. The highest BCUT2D eigenvalue weighted by molar-refractivity contribution is 7.08. The van der Waals surface area contributed by atoms with Crippen molar-refractivity contribution in [2.75, 3.05) is 13.1 Å². The van der Waals surface area contributed by atoms with E-state index in [4.69, 9.17) is 4.74 Å². The van der Waals surface area contributed by atoms with Crippen LogP contribution < -0.4 is 0 Å². The number of nitrogens with zero attached hydrogens (tertiary/aromatic N) is 3. The van der Waals surface area contributed by atoms with Crippen LogP contribution in [0.2, 0.25) is 0 Å². The van der Waals surface area contributed by atoms with Gasteiger partial charge in [0, 0.05) is 48.1 Å². The standard InChI is InChI=1S/C23H19N3O3S/c27-20-17-12-24-8-3-18(17)23(29-20)7-9-26(14-23)21(28)22(5-6-22)16-1-2-19(25-11-16)15-4-10-30-13-15/h1-4,8,10-13H,5-7,9,14H2. The smallest absolute Gasteiger partial charge is 0.341 e. The summed E-state index contributed by atoms with van der Waals surface area (Å²) in [4.78, 5) is 36.3. The summed E-state index contributed by atoms with van der Waals surface area (Å²) in [6.45, 7) is 0.979. The minimum Gasteiger partial charge on any atom is -0.449 e. The van der Waals surface area contributed by atoms with Crippen LogP contribution in [0.1, 0.15) is 40.7 Å². The number of amides is 1. The van der Waals surface area contributed by atoms with E-state index in [1.165, 1.54) is 0 Å². The topological polar surface area (TPSA) is 72.4 Å². The van der Waals surface area contributed by atoms with Crippen LogP contribution >= 0.6 is 11.3 Å². The number of ether oxygens (including phenoxy) is 1. The number of likely N-dealkylation sites (tertiary alicyclic amines) is 1. The Hall–Kier alpha value is -3.06. The van der Waals surface area contributed by atoms with E-state index in [2.05, 4.69) is 15.3 Å². The van der Waals surface area contributed by atoms with Crippen LogP contribution in [0.25, 0.3) is 11.3 Å². The average Bonchev–Trinajstić information content (AvgIpc) is 3.13. The second-order valence-corrected chi connectivity index (χ2v) is 9.09. The molecule has 3 aromatic heterocycles. The number of hydrogen-bond acceptors (Lipinski definition) is 6. The molecule has 6 rings (SSSR count). The van der Waals surface area contributed by atoms with Gasteiger partial charge in [-0.1, -0.05) is 6.07 Å². The Morgan fingerprint density at radius 1 is 1.13 bits per heavy atom. The first kappa shape index (κ1) is 17.8. The van der Waals surface area contributed by atoms with Gasteiger partial charge in [-0.15, -0.1) is 0 Å². The van der Waals surface area contributed by atoms with Crippen LogP contribution in [-0.2, 0) is 20.5 Å². The van der Waals surface area contributed by atoms with Crippen molar-refractivity contribution in [3.05, 3.63) is 70.3 Å². The molecular weight excluding hydrogens is 398 g/mol. The summed E-state index contributed by atoms with van der Waals surface area (Å²) < 4.78 is 5.77. The van der Waals surface area contributed by atoms with Gasteiger partial charge in [-0.05, 0) is 42.0 Å². The Kier molecular flexibility index (Phi) is 3.68. The van der Waals surface area contributed by atoms with Gasteiger partial charge in [-0.2, -0.15) is 11.3 Å². The number of esters is 1. The quantitative estimate of drug-likeness (QED) is 0.610. The van der Waals surface area contributed by atoms with Gasteiger partial charge in [-0.25, -0.2) is 4.79 Å². The van der Waals surface area contributed by atoms with Crippen molar-refractivity contribution in [2.45, 2.75) is 30.3 Å². The highest BCUT2D eigenvalue weighted by atomic mass is 32.1. The third-order valence-corrected chi connectivity index (χ3v) is 7.31. The number of aromatic nitrogens is 2. The van der Waals surface area contributed by atoms with E-state index in [9.17, 15) is 9.59 Å². The molecular formula is C23H19N3O3S. The van der Waals surface area contributed by atoms with Gasteiger partial charge in [0.1, 0.15) is 0 Å². The Morgan fingerprint density at radius 2 is 2.03 bits per heavy atom. The molecule has 1 saturated heterocycles. The van der Waals surface area contributed by atoms with Crippen molar-refractivity contribution in [1.82, 2.24) is 14.9 Å². The van der Waals surface area contributed by atoms with Crippen molar-refractivity contribution in [2.24, 2.45) is 0 Å². The lowest BCUT2D eigenvalue weighted by molar-refractivity contribution is -0.134. The number of carbonyl (C=O) groups is 2. The second kappa shape index (κ2) is 6.22. The fourth-order valence-electron chi connectivity index (χ4n) is 4.81. The number of hydrogen-bond donors (Lipinski definition) is 0. The van der Waals surface area contributed by atoms with Crippen molar-refractivity contribution in [3.8, 4) is 11.3 Å². The molecule has 1 atom stereocenters. The van der Waals surface area contributed by atoms with Gasteiger partial charge in [0.15, 0.2) is 5.60 Å². The number of pyridine rings is 2. The van der Waals surface area contributed by atoms with Crippen molar-refractivity contribution >= 4 is 23.2 Å². The summed E-state index contributed by atoms with van der Waals surface area (Å²) in [6.07, 6.45) is 7.35. The lowest BCUT2D eigenvalue weighted by Gasteiger charge is -2.26. The van der Waals surface area contributed by atoms with Crippen LogP contribution in [0.3, 0.4) is 0 Å². The largest absolute Gasteiger partial charge is 0.449 e. The summed E-state index contributed by atoms with van der Waals surface area (Å²) in [6, 6.07) is 7.92. The predicted octanol–water partition coefficient (Wildman–Crippen LogP) is 3.53. The number of thiophene rings is 1. The van der Waals surface area contributed by atoms with E-state index in [0.717, 1.165) is 35.2 Å². The zero-order chi connectivity index (χ0) is 20.3. The van der Waals surface area contributed by atoms with Gasteiger partial charge >= 0.3 is 5.97 Å². The summed E-state index contributed by atoms with van der Waals surface area (Å²) in [5, 5.41) is 4.10. The minimum absolute atomic E-state index is 0.114. The molecule has 150 valence electrons. The summed E-state index contributed by atoms with van der Waals surface area (Å²) in [5.74, 6) is -0.232. The Bertz CT molecular complexity index is 1150. The van der Waals surface area contributed by atoms with Gasteiger partial charge < -0.3 is 9.64 Å². The minimum atomic E-state index is -0.734. The molecule has 0 radical (unpaired) electrons. The maximum absolute atomic E-state index is 13.5. The normalized spacial score (nSPS) is 23.5. The molecule has 6 nitrogen and oxygen atoms in total. The molecule has 2 fully saturated rings. The molecule has 3 aliphatic rings. The third-order valence-electron chi connectivity index (χ3n) is 6.63. The molecule has 1 spiro atoms. The number of fused-ring (bicyclic) bond motifs is 2. The van der Waals surface area contributed by atoms with E-state index in [-0.39, 0.29) is 11.9 Å². The fraction of sp³-hybridized carbons (Fsp3) is 0.304. The Labute approximate surface area is 177 Å². The molecule has 30 heavy (non-hydrogen) atoms. The number of carbonyl (C=O) groups excluding carboxylic acids is 2.